The average molecular weight is 393 g/mol. The molecule has 0 nitrogen and oxygen atoms in total. The van der Waals surface area contributed by atoms with E-state index in [0.717, 1.165) is 5.75 Å². The van der Waals surface area contributed by atoms with E-state index >= 15 is 0 Å². The summed E-state index contributed by atoms with van der Waals surface area (Å²) in [5.41, 5.74) is 0. The van der Waals surface area contributed by atoms with Crippen molar-refractivity contribution >= 4 is 12.6 Å². The SMILES string of the molecule is CCCCCCCCCCCCCCCCCC[S-].[Ag+]. The molecule has 0 N–H and O–H groups in total. The zero-order valence-electron chi connectivity index (χ0n) is 13.7. The minimum absolute atomic E-state index is 0. The summed E-state index contributed by atoms with van der Waals surface area (Å²) in [5, 5.41) is 0. The Balaban J connectivity index is 0. The Morgan fingerprint density at radius 2 is 0.700 bits per heavy atom. The first-order valence-electron chi connectivity index (χ1n) is 9.00. The van der Waals surface area contributed by atoms with Crippen LogP contribution >= 0.6 is 0 Å². The molecule has 0 aliphatic heterocycles. The standard InChI is InChI=1S/C18H38S.Ag/c1-2-3-4-5-6-7-8-9-10-11-12-13-14-15-16-17-18-19;/h19H,2-18H2,1H3;/q;+1/p-1. The second-order valence-corrected chi connectivity index (χ2v) is 6.42. The first-order valence-corrected chi connectivity index (χ1v) is 9.57. The summed E-state index contributed by atoms with van der Waals surface area (Å²) in [6.45, 7) is 2.29. The van der Waals surface area contributed by atoms with Crippen molar-refractivity contribution in [3.05, 3.63) is 0 Å². The number of rotatable bonds is 16. The van der Waals surface area contributed by atoms with E-state index in [2.05, 4.69) is 6.92 Å². The number of unbranched alkanes of at least 4 members (excludes halogenated alkanes) is 15. The van der Waals surface area contributed by atoms with Crippen LogP contribution in [0.1, 0.15) is 110 Å². The molecule has 0 saturated carbocycles. The molecule has 0 aromatic rings. The van der Waals surface area contributed by atoms with E-state index in [1.807, 2.05) is 0 Å². The third-order valence-electron chi connectivity index (χ3n) is 4.00. The Morgan fingerprint density at radius 3 is 0.950 bits per heavy atom. The fourth-order valence-electron chi connectivity index (χ4n) is 2.65. The Hall–Kier alpha value is 1.09. The summed E-state index contributed by atoms with van der Waals surface area (Å²) >= 11 is 4.95. The van der Waals surface area contributed by atoms with Crippen LogP contribution in [0.4, 0.5) is 0 Å². The van der Waals surface area contributed by atoms with Crippen LogP contribution in [-0.4, -0.2) is 5.75 Å². The van der Waals surface area contributed by atoms with Gasteiger partial charge in [-0.25, -0.2) is 0 Å². The monoisotopic (exact) mass is 392 g/mol. The maximum atomic E-state index is 4.95. The molecule has 0 bridgehead atoms. The predicted octanol–water partition coefficient (Wildman–Crippen LogP) is 6.79. The Morgan fingerprint density at radius 1 is 0.450 bits per heavy atom. The number of hydrogen-bond donors (Lipinski definition) is 0. The molecule has 2 heteroatoms. The second-order valence-electron chi connectivity index (χ2n) is 6.01. The molecule has 0 unspecified atom stereocenters. The van der Waals surface area contributed by atoms with Crippen molar-refractivity contribution in [3.8, 4) is 0 Å². The molecule has 0 heterocycles. The zero-order valence-corrected chi connectivity index (χ0v) is 16.0. The van der Waals surface area contributed by atoms with Gasteiger partial charge in [-0.15, -0.1) is 0 Å². The van der Waals surface area contributed by atoms with E-state index in [-0.39, 0.29) is 22.4 Å². The Labute approximate surface area is 150 Å². The molecule has 0 spiro atoms. The summed E-state index contributed by atoms with van der Waals surface area (Å²) in [6.07, 6.45) is 23.0. The van der Waals surface area contributed by atoms with Gasteiger partial charge < -0.3 is 12.6 Å². The molecular weight excluding hydrogens is 356 g/mol. The Kier molecular flexibility index (Phi) is 26.1. The van der Waals surface area contributed by atoms with Gasteiger partial charge in [0.05, 0.1) is 0 Å². The van der Waals surface area contributed by atoms with Crippen molar-refractivity contribution in [2.75, 3.05) is 5.75 Å². The van der Waals surface area contributed by atoms with Crippen molar-refractivity contribution in [1.29, 1.82) is 0 Å². The third kappa shape index (κ3) is 21.4. The molecule has 0 aromatic heterocycles. The molecule has 0 saturated heterocycles. The molecule has 0 fully saturated rings. The molecular formula is C18H37AgS. The molecule has 20 heavy (non-hydrogen) atoms. The molecule has 0 rings (SSSR count). The van der Waals surface area contributed by atoms with Crippen molar-refractivity contribution in [1.82, 2.24) is 0 Å². The van der Waals surface area contributed by atoms with E-state index in [1.165, 1.54) is 103 Å². The van der Waals surface area contributed by atoms with Crippen LogP contribution < -0.4 is 0 Å². The van der Waals surface area contributed by atoms with Crippen LogP contribution in [0.2, 0.25) is 0 Å². The summed E-state index contributed by atoms with van der Waals surface area (Å²) < 4.78 is 0. The van der Waals surface area contributed by atoms with E-state index in [9.17, 15) is 0 Å². The van der Waals surface area contributed by atoms with Crippen LogP contribution in [0.5, 0.6) is 0 Å². The summed E-state index contributed by atoms with van der Waals surface area (Å²) in [6, 6.07) is 0. The quantitative estimate of drug-likeness (QED) is 0.158. The first kappa shape index (κ1) is 23.4. The van der Waals surface area contributed by atoms with E-state index in [4.69, 9.17) is 12.6 Å². The van der Waals surface area contributed by atoms with Gasteiger partial charge in [0.1, 0.15) is 0 Å². The fourth-order valence-corrected chi connectivity index (χ4v) is 2.85. The third-order valence-corrected chi connectivity index (χ3v) is 4.29. The first-order chi connectivity index (χ1) is 9.41. The normalized spacial score (nSPS) is 10.5. The summed E-state index contributed by atoms with van der Waals surface area (Å²) in [4.78, 5) is 0. The fraction of sp³-hybridized carbons (Fsp3) is 1.00. The van der Waals surface area contributed by atoms with Crippen molar-refractivity contribution in [2.24, 2.45) is 0 Å². The van der Waals surface area contributed by atoms with E-state index in [0.29, 0.717) is 0 Å². The molecule has 0 aliphatic rings. The van der Waals surface area contributed by atoms with Gasteiger partial charge in [-0.3, -0.25) is 0 Å². The summed E-state index contributed by atoms with van der Waals surface area (Å²) in [5.74, 6) is 0.957. The largest absolute Gasteiger partial charge is 1.00 e. The van der Waals surface area contributed by atoms with Crippen molar-refractivity contribution in [2.45, 2.75) is 110 Å². The van der Waals surface area contributed by atoms with Gasteiger partial charge in [0.2, 0.25) is 0 Å². The Bertz CT molecular complexity index is 134. The maximum Gasteiger partial charge on any atom is 1.00 e. The van der Waals surface area contributed by atoms with Crippen LogP contribution in [0.15, 0.2) is 0 Å². The van der Waals surface area contributed by atoms with Crippen molar-refractivity contribution in [3.63, 3.8) is 0 Å². The van der Waals surface area contributed by atoms with Gasteiger partial charge in [0.15, 0.2) is 0 Å². The topological polar surface area (TPSA) is 0 Å². The van der Waals surface area contributed by atoms with Crippen LogP contribution in [0.3, 0.4) is 0 Å². The van der Waals surface area contributed by atoms with Crippen LogP contribution in [0.25, 0.3) is 0 Å². The molecule has 0 atom stereocenters. The molecule has 0 radical (unpaired) electrons. The maximum absolute atomic E-state index is 4.95. The number of hydrogen-bond acceptors (Lipinski definition) is 1. The van der Waals surface area contributed by atoms with Crippen LogP contribution in [0, 0.1) is 0 Å². The zero-order chi connectivity index (χ0) is 14.0. The van der Waals surface area contributed by atoms with Gasteiger partial charge in [-0.1, -0.05) is 110 Å². The molecule has 0 aromatic carbocycles. The van der Waals surface area contributed by atoms with Gasteiger partial charge >= 0.3 is 22.4 Å². The summed E-state index contributed by atoms with van der Waals surface area (Å²) in [7, 11) is 0. The predicted molar refractivity (Wildman–Crippen MR) is 91.8 cm³/mol. The average Bonchev–Trinajstić information content (AvgIpc) is 2.43. The smallest absolute Gasteiger partial charge is 0.793 e. The van der Waals surface area contributed by atoms with E-state index in [1.54, 1.807) is 0 Å². The minimum Gasteiger partial charge on any atom is -0.793 e. The van der Waals surface area contributed by atoms with Crippen molar-refractivity contribution < 1.29 is 22.4 Å². The van der Waals surface area contributed by atoms with Crippen LogP contribution in [-0.2, 0) is 35.0 Å². The molecule has 0 aliphatic carbocycles. The van der Waals surface area contributed by atoms with Gasteiger partial charge in [0.25, 0.3) is 0 Å². The van der Waals surface area contributed by atoms with Gasteiger partial charge in [-0.05, 0) is 0 Å². The molecule has 0 amide bonds. The van der Waals surface area contributed by atoms with E-state index < -0.39 is 0 Å². The molecule has 126 valence electrons. The second kappa shape index (κ2) is 22.4. The minimum atomic E-state index is 0. The van der Waals surface area contributed by atoms with Gasteiger partial charge in [0, 0.05) is 0 Å². The van der Waals surface area contributed by atoms with Gasteiger partial charge in [-0.2, -0.15) is 5.75 Å².